The molecule has 0 saturated carbocycles. The lowest BCUT2D eigenvalue weighted by Crippen LogP contribution is -2.23. The molecule has 120 valence electrons. The minimum atomic E-state index is -0.0332. The van der Waals surface area contributed by atoms with Crippen LogP contribution in [0.1, 0.15) is 12.0 Å². The molecule has 0 N–H and O–H groups in total. The Morgan fingerprint density at radius 1 is 1.08 bits per heavy atom. The quantitative estimate of drug-likeness (QED) is 0.510. The van der Waals surface area contributed by atoms with Crippen molar-refractivity contribution in [1.82, 2.24) is 9.55 Å². The summed E-state index contributed by atoms with van der Waals surface area (Å²) in [6.45, 7) is 0.597. The molecule has 2 aromatic carbocycles. The van der Waals surface area contributed by atoms with Gasteiger partial charge in [-0.1, -0.05) is 54.2 Å². The molecule has 5 heteroatoms. The van der Waals surface area contributed by atoms with Gasteiger partial charge in [0, 0.05) is 6.54 Å². The summed E-state index contributed by atoms with van der Waals surface area (Å²) in [5, 5.41) is 10.1. The van der Waals surface area contributed by atoms with Crippen LogP contribution >= 0.6 is 11.8 Å². The lowest BCUT2D eigenvalue weighted by molar-refractivity contribution is 0.564. The van der Waals surface area contributed by atoms with E-state index in [2.05, 4.69) is 23.2 Å². The molecule has 0 fully saturated rings. The van der Waals surface area contributed by atoms with Gasteiger partial charge < -0.3 is 0 Å². The van der Waals surface area contributed by atoms with Gasteiger partial charge in [0.2, 0.25) is 0 Å². The van der Waals surface area contributed by atoms with Crippen LogP contribution in [-0.2, 0) is 13.0 Å². The van der Waals surface area contributed by atoms with Crippen molar-refractivity contribution in [2.75, 3.05) is 5.75 Å². The third-order valence-corrected chi connectivity index (χ3v) is 4.63. The third kappa shape index (κ3) is 3.66. The number of rotatable bonds is 6. The number of nitriles is 1. The largest absolute Gasteiger partial charge is 0.287 e. The number of nitrogens with zero attached hydrogens (tertiary/aromatic N) is 3. The molecular formula is C19H17N3OS. The highest BCUT2D eigenvalue weighted by molar-refractivity contribution is 7.99. The van der Waals surface area contributed by atoms with E-state index in [1.54, 1.807) is 10.6 Å². The van der Waals surface area contributed by atoms with E-state index in [9.17, 15) is 4.79 Å². The number of hydrogen-bond acceptors (Lipinski definition) is 4. The molecule has 0 amide bonds. The van der Waals surface area contributed by atoms with Crippen molar-refractivity contribution in [2.24, 2.45) is 0 Å². The average molecular weight is 335 g/mol. The van der Waals surface area contributed by atoms with Crippen LogP contribution in [0, 0.1) is 11.3 Å². The zero-order valence-corrected chi connectivity index (χ0v) is 14.0. The molecule has 1 heterocycles. The van der Waals surface area contributed by atoms with Gasteiger partial charge in [0.25, 0.3) is 5.56 Å². The van der Waals surface area contributed by atoms with Gasteiger partial charge in [-0.2, -0.15) is 5.26 Å². The first kappa shape index (κ1) is 16.3. The van der Waals surface area contributed by atoms with E-state index < -0.39 is 0 Å². The second-order valence-electron chi connectivity index (χ2n) is 5.40. The average Bonchev–Trinajstić information content (AvgIpc) is 2.63. The van der Waals surface area contributed by atoms with Gasteiger partial charge >= 0.3 is 0 Å². The van der Waals surface area contributed by atoms with Gasteiger partial charge in [-0.15, -0.1) is 0 Å². The fourth-order valence-corrected chi connectivity index (χ4v) is 3.32. The van der Waals surface area contributed by atoms with Gasteiger partial charge in [0.05, 0.1) is 22.7 Å². The van der Waals surface area contributed by atoms with Crippen LogP contribution in [-0.4, -0.2) is 15.3 Å². The topological polar surface area (TPSA) is 58.7 Å². The van der Waals surface area contributed by atoms with Crippen molar-refractivity contribution in [3.05, 3.63) is 70.5 Å². The Bertz CT molecular complexity index is 929. The Hall–Kier alpha value is -2.58. The van der Waals surface area contributed by atoms with Crippen molar-refractivity contribution in [3.8, 4) is 6.07 Å². The van der Waals surface area contributed by atoms with Gasteiger partial charge in [0.15, 0.2) is 5.16 Å². The molecule has 1 aromatic heterocycles. The maximum Gasteiger partial charge on any atom is 0.262 e. The van der Waals surface area contributed by atoms with Gasteiger partial charge in [-0.3, -0.25) is 9.36 Å². The molecule has 4 nitrogen and oxygen atoms in total. The Labute approximate surface area is 144 Å². The summed E-state index contributed by atoms with van der Waals surface area (Å²) in [5.74, 6) is 0.281. The molecule has 0 aliphatic rings. The second-order valence-corrected chi connectivity index (χ2v) is 6.35. The van der Waals surface area contributed by atoms with Crippen molar-refractivity contribution >= 4 is 22.7 Å². The lowest BCUT2D eigenvalue weighted by atomic mass is 10.1. The number of aryl methyl sites for hydroxylation is 1. The van der Waals surface area contributed by atoms with E-state index in [0.717, 1.165) is 12.8 Å². The predicted molar refractivity (Wildman–Crippen MR) is 97.1 cm³/mol. The minimum absolute atomic E-state index is 0.0332. The van der Waals surface area contributed by atoms with E-state index in [1.165, 1.54) is 17.3 Å². The molecule has 0 aliphatic heterocycles. The van der Waals surface area contributed by atoms with Crippen LogP contribution in [0.4, 0.5) is 0 Å². The first-order valence-electron chi connectivity index (χ1n) is 7.83. The zero-order chi connectivity index (χ0) is 16.8. The van der Waals surface area contributed by atoms with Crippen molar-refractivity contribution < 1.29 is 0 Å². The monoisotopic (exact) mass is 335 g/mol. The highest BCUT2D eigenvalue weighted by Crippen LogP contribution is 2.18. The summed E-state index contributed by atoms with van der Waals surface area (Å²) in [6.07, 6.45) is 1.76. The summed E-state index contributed by atoms with van der Waals surface area (Å²) in [7, 11) is 0. The molecule has 0 radical (unpaired) electrons. The lowest BCUT2D eigenvalue weighted by Gasteiger charge is -2.12. The van der Waals surface area contributed by atoms with Gasteiger partial charge in [0.1, 0.15) is 0 Å². The van der Waals surface area contributed by atoms with E-state index in [4.69, 9.17) is 5.26 Å². The first-order chi connectivity index (χ1) is 11.8. The molecule has 0 bridgehead atoms. The normalized spacial score (nSPS) is 10.6. The Morgan fingerprint density at radius 3 is 2.62 bits per heavy atom. The van der Waals surface area contributed by atoms with Crippen LogP contribution in [0.5, 0.6) is 0 Å². The van der Waals surface area contributed by atoms with Crippen LogP contribution < -0.4 is 5.56 Å². The predicted octanol–water partition coefficient (Wildman–Crippen LogP) is 3.64. The van der Waals surface area contributed by atoms with Crippen molar-refractivity contribution in [1.29, 1.82) is 5.26 Å². The summed E-state index contributed by atoms with van der Waals surface area (Å²) in [6, 6.07) is 19.7. The van der Waals surface area contributed by atoms with Gasteiger partial charge in [-0.25, -0.2) is 4.98 Å². The van der Waals surface area contributed by atoms with Crippen LogP contribution in [0.15, 0.2) is 64.5 Å². The van der Waals surface area contributed by atoms with Crippen molar-refractivity contribution in [3.63, 3.8) is 0 Å². The molecule has 0 spiro atoms. The SMILES string of the molecule is N#CCSc1nc2ccccc2c(=O)n1CCCc1ccccc1. The van der Waals surface area contributed by atoms with E-state index in [-0.39, 0.29) is 11.3 Å². The first-order valence-corrected chi connectivity index (χ1v) is 8.81. The van der Waals surface area contributed by atoms with Crippen LogP contribution in [0.25, 0.3) is 10.9 Å². The Balaban J connectivity index is 1.88. The standard InChI is InChI=1S/C19H17N3OS/c20-12-14-24-19-21-17-11-5-4-10-16(17)18(23)22(19)13-6-9-15-7-2-1-3-8-15/h1-5,7-8,10-11H,6,9,13-14H2. The molecule has 0 atom stereocenters. The summed E-state index contributed by atoms with van der Waals surface area (Å²) >= 11 is 1.31. The second kappa shape index (κ2) is 7.80. The molecule has 24 heavy (non-hydrogen) atoms. The van der Waals surface area contributed by atoms with Crippen molar-refractivity contribution in [2.45, 2.75) is 24.5 Å². The van der Waals surface area contributed by atoms with Crippen LogP contribution in [0.3, 0.4) is 0 Å². The Morgan fingerprint density at radius 2 is 1.83 bits per heavy atom. The highest BCUT2D eigenvalue weighted by Gasteiger charge is 2.11. The molecule has 3 aromatic rings. The molecule has 0 saturated heterocycles. The third-order valence-electron chi connectivity index (χ3n) is 3.78. The summed E-state index contributed by atoms with van der Waals surface area (Å²) < 4.78 is 1.70. The minimum Gasteiger partial charge on any atom is -0.287 e. The number of benzene rings is 2. The highest BCUT2D eigenvalue weighted by atomic mass is 32.2. The Kier molecular flexibility index (Phi) is 5.29. The fourth-order valence-electron chi connectivity index (χ4n) is 2.64. The van der Waals surface area contributed by atoms with E-state index in [1.807, 2.05) is 36.4 Å². The van der Waals surface area contributed by atoms with E-state index >= 15 is 0 Å². The molecule has 0 aliphatic carbocycles. The molecule has 0 unspecified atom stereocenters. The smallest absolute Gasteiger partial charge is 0.262 e. The van der Waals surface area contributed by atoms with Gasteiger partial charge in [-0.05, 0) is 30.5 Å². The van der Waals surface area contributed by atoms with E-state index in [0.29, 0.717) is 22.6 Å². The maximum absolute atomic E-state index is 12.8. The number of thioether (sulfide) groups is 1. The summed E-state index contributed by atoms with van der Waals surface area (Å²) in [5.41, 5.74) is 1.90. The number of para-hydroxylation sites is 1. The zero-order valence-electron chi connectivity index (χ0n) is 13.2. The number of aromatic nitrogens is 2. The maximum atomic E-state index is 12.8. The number of fused-ring (bicyclic) bond motifs is 1. The van der Waals surface area contributed by atoms with Crippen LogP contribution in [0.2, 0.25) is 0 Å². The molecule has 3 rings (SSSR count). The molecular weight excluding hydrogens is 318 g/mol. The number of hydrogen-bond donors (Lipinski definition) is 0. The fraction of sp³-hybridized carbons (Fsp3) is 0.211. The summed E-state index contributed by atoms with van der Waals surface area (Å²) in [4.78, 5) is 17.4.